The predicted molar refractivity (Wildman–Crippen MR) is 82.0 cm³/mol. The fourth-order valence-electron chi connectivity index (χ4n) is 2.11. The van der Waals surface area contributed by atoms with E-state index in [1.807, 2.05) is 18.2 Å². The molecule has 0 aliphatic carbocycles. The molecule has 0 radical (unpaired) electrons. The molecule has 2 rings (SSSR count). The molecule has 0 bridgehead atoms. The molecular formula is C15H15Cl2NO2. The van der Waals surface area contributed by atoms with Gasteiger partial charge in [0.05, 0.1) is 25.8 Å². The molecule has 0 aliphatic rings. The van der Waals surface area contributed by atoms with E-state index in [9.17, 15) is 0 Å². The second kappa shape index (κ2) is 6.35. The molecule has 0 fully saturated rings. The van der Waals surface area contributed by atoms with Crippen LogP contribution in [0.25, 0.3) is 0 Å². The van der Waals surface area contributed by atoms with Gasteiger partial charge in [-0.05, 0) is 35.9 Å². The molecule has 3 nitrogen and oxygen atoms in total. The van der Waals surface area contributed by atoms with Crippen LogP contribution >= 0.6 is 23.2 Å². The highest BCUT2D eigenvalue weighted by molar-refractivity contribution is 6.34. The summed E-state index contributed by atoms with van der Waals surface area (Å²) in [6.07, 6.45) is 0. The number of hydrogen-bond acceptors (Lipinski definition) is 3. The molecule has 2 aromatic carbocycles. The lowest BCUT2D eigenvalue weighted by atomic mass is 9.97. The highest BCUT2D eigenvalue weighted by atomic mass is 35.5. The summed E-state index contributed by atoms with van der Waals surface area (Å²) in [6.45, 7) is 0. The van der Waals surface area contributed by atoms with Gasteiger partial charge in [-0.2, -0.15) is 0 Å². The quantitative estimate of drug-likeness (QED) is 0.926. The third-order valence-corrected chi connectivity index (χ3v) is 3.46. The third-order valence-electron chi connectivity index (χ3n) is 3.02. The van der Waals surface area contributed by atoms with Gasteiger partial charge in [0, 0.05) is 10.0 Å². The van der Waals surface area contributed by atoms with Crippen LogP contribution in [-0.4, -0.2) is 14.2 Å². The zero-order valence-corrected chi connectivity index (χ0v) is 12.7. The molecule has 0 heterocycles. The highest BCUT2D eigenvalue weighted by Crippen LogP contribution is 2.37. The van der Waals surface area contributed by atoms with Crippen LogP contribution in [0, 0.1) is 0 Å². The zero-order chi connectivity index (χ0) is 14.7. The molecule has 5 heteroatoms. The van der Waals surface area contributed by atoms with E-state index >= 15 is 0 Å². The van der Waals surface area contributed by atoms with Crippen molar-refractivity contribution in [2.24, 2.45) is 5.73 Å². The monoisotopic (exact) mass is 311 g/mol. The molecule has 0 aromatic heterocycles. The van der Waals surface area contributed by atoms with Crippen LogP contribution in [0.5, 0.6) is 11.5 Å². The third kappa shape index (κ3) is 3.01. The SMILES string of the molecule is COc1cccc(OC)c1C(N)c1cc(Cl)cc(Cl)c1. The van der Waals surface area contributed by atoms with Gasteiger partial charge in [-0.1, -0.05) is 29.3 Å². The topological polar surface area (TPSA) is 44.5 Å². The van der Waals surface area contributed by atoms with Gasteiger partial charge in [-0.3, -0.25) is 0 Å². The van der Waals surface area contributed by atoms with Crippen LogP contribution < -0.4 is 15.2 Å². The normalized spacial score (nSPS) is 12.1. The molecule has 0 amide bonds. The Hall–Kier alpha value is -1.42. The summed E-state index contributed by atoms with van der Waals surface area (Å²) in [5, 5.41) is 1.08. The molecule has 1 unspecified atom stereocenters. The maximum Gasteiger partial charge on any atom is 0.127 e. The summed E-state index contributed by atoms with van der Waals surface area (Å²) >= 11 is 12.1. The molecule has 106 valence electrons. The van der Waals surface area contributed by atoms with Crippen molar-refractivity contribution in [1.29, 1.82) is 0 Å². The molecule has 0 spiro atoms. The van der Waals surface area contributed by atoms with E-state index in [2.05, 4.69) is 0 Å². The van der Waals surface area contributed by atoms with Crippen LogP contribution in [-0.2, 0) is 0 Å². The smallest absolute Gasteiger partial charge is 0.127 e. The molecule has 0 saturated heterocycles. The number of ether oxygens (including phenoxy) is 2. The van der Waals surface area contributed by atoms with E-state index in [-0.39, 0.29) is 0 Å². The lowest BCUT2D eigenvalue weighted by Gasteiger charge is -2.19. The maximum absolute atomic E-state index is 6.33. The summed E-state index contributed by atoms with van der Waals surface area (Å²) in [5.41, 5.74) is 7.89. The molecule has 20 heavy (non-hydrogen) atoms. The Morgan fingerprint density at radius 3 is 1.90 bits per heavy atom. The van der Waals surface area contributed by atoms with Gasteiger partial charge in [-0.15, -0.1) is 0 Å². The van der Waals surface area contributed by atoms with Crippen molar-refractivity contribution < 1.29 is 9.47 Å². The first-order valence-corrected chi connectivity index (χ1v) is 6.75. The Morgan fingerprint density at radius 1 is 0.950 bits per heavy atom. The van der Waals surface area contributed by atoms with Crippen molar-refractivity contribution in [3.8, 4) is 11.5 Å². The number of rotatable bonds is 4. The van der Waals surface area contributed by atoms with Gasteiger partial charge in [0.2, 0.25) is 0 Å². The molecule has 2 aromatic rings. The van der Waals surface area contributed by atoms with Crippen molar-refractivity contribution in [2.75, 3.05) is 14.2 Å². The Kier molecular flexibility index (Phi) is 4.76. The zero-order valence-electron chi connectivity index (χ0n) is 11.2. The molecular weight excluding hydrogens is 297 g/mol. The van der Waals surface area contributed by atoms with Gasteiger partial charge in [-0.25, -0.2) is 0 Å². The maximum atomic E-state index is 6.33. The fourth-order valence-corrected chi connectivity index (χ4v) is 2.65. The van der Waals surface area contributed by atoms with Crippen LogP contribution in [0.2, 0.25) is 10.0 Å². The second-order valence-corrected chi connectivity index (χ2v) is 5.13. The first-order chi connectivity index (χ1) is 9.56. The summed E-state index contributed by atoms with van der Waals surface area (Å²) in [6, 6.07) is 10.3. The molecule has 2 N–H and O–H groups in total. The van der Waals surface area contributed by atoms with E-state index < -0.39 is 6.04 Å². The van der Waals surface area contributed by atoms with Crippen LogP contribution in [0.15, 0.2) is 36.4 Å². The van der Waals surface area contributed by atoms with E-state index in [0.29, 0.717) is 21.5 Å². The number of benzene rings is 2. The van der Waals surface area contributed by atoms with Crippen LogP contribution in [0.1, 0.15) is 17.2 Å². The summed E-state index contributed by atoms with van der Waals surface area (Å²) in [4.78, 5) is 0. The van der Waals surface area contributed by atoms with Crippen molar-refractivity contribution in [1.82, 2.24) is 0 Å². The minimum atomic E-state index is -0.447. The minimum absolute atomic E-state index is 0.447. The molecule has 0 aliphatic heterocycles. The van der Waals surface area contributed by atoms with Crippen LogP contribution in [0.4, 0.5) is 0 Å². The summed E-state index contributed by atoms with van der Waals surface area (Å²) < 4.78 is 10.7. The number of hydrogen-bond donors (Lipinski definition) is 1. The standard InChI is InChI=1S/C15H15Cl2NO2/c1-19-12-4-3-5-13(20-2)14(12)15(18)9-6-10(16)8-11(17)7-9/h3-8,15H,18H2,1-2H3. The lowest BCUT2D eigenvalue weighted by Crippen LogP contribution is -2.14. The minimum Gasteiger partial charge on any atom is -0.496 e. The van der Waals surface area contributed by atoms with Gasteiger partial charge in [0.1, 0.15) is 11.5 Å². The number of halogens is 2. The average Bonchev–Trinajstić information content (AvgIpc) is 2.44. The van der Waals surface area contributed by atoms with Gasteiger partial charge in [0.15, 0.2) is 0 Å². The Bertz CT molecular complexity index is 574. The number of nitrogens with two attached hydrogens (primary N) is 1. The summed E-state index contributed by atoms with van der Waals surface area (Å²) in [7, 11) is 3.19. The Morgan fingerprint density at radius 2 is 1.45 bits per heavy atom. The average molecular weight is 312 g/mol. The summed E-state index contributed by atoms with van der Waals surface area (Å²) in [5.74, 6) is 1.32. The first kappa shape index (κ1) is 15.0. The van der Waals surface area contributed by atoms with Gasteiger partial charge >= 0.3 is 0 Å². The van der Waals surface area contributed by atoms with E-state index in [1.54, 1.807) is 32.4 Å². The first-order valence-electron chi connectivity index (χ1n) is 5.99. The largest absolute Gasteiger partial charge is 0.496 e. The van der Waals surface area contributed by atoms with Gasteiger partial charge < -0.3 is 15.2 Å². The van der Waals surface area contributed by atoms with E-state index in [0.717, 1.165) is 11.1 Å². The van der Waals surface area contributed by atoms with Crippen molar-refractivity contribution in [2.45, 2.75) is 6.04 Å². The van der Waals surface area contributed by atoms with Gasteiger partial charge in [0.25, 0.3) is 0 Å². The lowest BCUT2D eigenvalue weighted by molar-refractivity contribution is 0.382. The fraction of sp³-hybridized carbons (Fsp3) is 0.200. The molecule has 0 saturated carbocycles. The molecule has 1 atom stereocenters. The Balaban J connectivity index is 2.54. The van der Waals surface area contributed by atoms with E-state index in [1.165, 1.54) is 0 Å². The van der Waals surface area contributed by atoms with Crippen molar-refractivity contribution in [3.63, 3.8) is 0 Å². The van der Waals surface area contributed by atoms with Crippen molar-refractivity contribution >= 4 is 23.2 Å². The van der Waals surface area contributed by atoms with E-state index in [4.69, 9.17) is 38.4 Å². The van der Waals surface area contributed by atoms with Crippen molar-refractivity contribution in [3.05, 3.63) is 57.6 Å². The van der Waals surface area contributed by atoms with Crippen LogP contribution in [0.3, 0.4) is 0 Å². The predicted octanol–water partition coefficient (Wildman–Crippen LogP) is 4.06. The second-order valence-electron chi connectivity index (χ2n) is 4.26. The Labute approximate surface area is 128 Å². The highest BCUT2D eigenvalue weighted by Gasteiger charge is 2.19. The number of methoxy groups -OCH3 is 2.